The lowest BCUT2D eigenvalue weighted by molar-refractivity contribution is -0.135. The molecule has 0 aromatic carbocycles. The summed E-state index contributed by atoms with van der Waals surface area (Å²) in [6.07, 6.45) is 8.96. The maximum atomic E-state index is 12.6. The first-order valence-corrected chi connectivity index (χ1v) is 7.96. The summed E-state index contributed by atoms with van der Waals surface area (Å²) in [6, 6.07) is 0.421. The molecule has 1 aliphatic carbocycles. The number of rotatable bonds is 2. The van der Waals surface area contributed by atoms with Crippen molar-refractivity contribution in [1.29, 1.82) is 0 Å². The summed E-state index contributed by atoms with van der Waals surface area (Å²) in [5.41, 5.74) is 1.21. The van der Waals surface area contributed by atoms with Crippen molar-refractivity contribution in [2.45, 2.75) is 58.4 Å². The van der Waals surface area contributed by atoms with Gasteiger partial charge in [-0.2, -0.15) is 0 Å². The standard InChI is InChI=1S/C16H25N3O/c1-12-10-17-13(2)19(12)15-8-9-18(11-15)16(20)14-6-4-3-5-7-14/h10,14-15H,3-9,11H2,1-2H3. The highest BCUT2D eigenvalue weighted by Gasteiger charge is 2.32. The van der Waals surface area contributed by atoms with Gasteiger partial charge in [-0.3, -0.25) is 4.79 Å². The molecule has 1 atom stereocenters. The first-order chi connectivity index (χ1) is 9.66. The van der Waals surface area contributed by atoms with Crippen LogP contribution in [0, 0.1) is 19.8 Å². The Morgan fingerprint density at radius 1 is 1.20 bits per heavy atom. The molecule has 1 unspecified atom stereocenters. The van der Waals surface area contributed by atoms with Gasteiger partial charge in [-0.25, -0.2) is 4.98 Å². The number of aromatic nitrogens is 2. The van der Waals surface area contributed by atoms with Gasteiger partial charge < -0.3 is 9.47 Å². The number of carbonyl (C=O) groups is 1. The number of nitrogens with zero attached hydrogens (tertiary/aromatic N) is 3. The lowest BCUT2D eigenvalue weighted by atomic mass is 9.88. The van der Waals surface area contributed by atoms with E-state index in [4.69, 9.17) is 0 Å². The van der Waals surface area contributed by atoms with Crippen molar-refractivity contribution in [2.24, 2.45) is 5.92 Å². The molecule has 1 aliphatic heterocycles. The van der Waals surface area contributed by atoms with E-state index in [9.17, 15) is 4.79 Å². The zero-order chi connectivity index (χ0) is 14.1. The van der Waals surface area contributed by atoms with E-state index in [0.717, 1.165) is 38.2 Å². The fourth-order valence-corrected chi connectivity index (χ4v) is 3.88. The number of hydrogen-bond donors (Lipinski definition) is 0. The van der Waals surface area contributed by atoms with Crippen molar-refractivity contribution in [1.82, 2.24) is 14.5 Å². The number of hydrogen-bond acceptors (Lipinski definition) is 2. The molecule has 20 heavy (non-hydrogen) atoms. The first-order valence-electron chi connectivity index (χ1n) is 7.96. The largest absolute Gasteiger partial charge is 0.340 e. The first kappa shape index (κ1) is 13.7. The van der Waals surface area contributed by atoms with E-state index >= 15 is 0 Å². The molecule has 4 nitrogen and oxygen atoms in total. The average Bonchev–Trinajstić information content (AvgIpc) is 3.06. The Kier molecular flexibility index (Phi) is 3.81. The molecule has 0 bridgehead atoms. The molecule has 3 rings (SSSR count). The van der Waals surface area contributed by atoms with Gasteiger partial charge >= 0.3 is 0 Å². The van der Waals surface area contributed by atoms with Crippen LogP contribution in [-0.4, -0.2) is 33.4 Å². The van der Waals surface area contributed by atoms with Gasteiger partial charge in [0.15, 0.2) is 0 Å². The second kappa shape index (κ2) is 5.58. The molecule has 1 aromatic rings. The van der Waals surface area contributed by atoms with Crippen LogP contribution < -0.4 is 0 Å². The Labute approximate surface area is 121 Å². The van der Waals surface area contributed by atoms with Crippen LogP contribution in [0.2, 0.25) is 0 Å². The Morgan fingerprint density at radius 2 is 1.95 bits per heavy atom. The second-order valence-corrected chi connectivity index (χ2v) is 6.38. The molecule has 110 valence electrons. The summed E-state index contributed by atoms with van der Waals surface area (Å²) in [4.78, 5) is 19.1. The van der Waals surface area contributed by atoms with Crippen LogP contribution in [0.4, 0.5) is 0 Å². The van der Waals surface area contributed by atoms with E-state index in [1.807, 2.05) is 6.20 Å². The lowest BCUT2D eigenvalue weighted by Crippen LogP contribution is -2.35. The van der Waals surface area contributed by atoms with Gasteiger partial charge in [0.2, 0.25) is 5.91 Å². The highest BCUT2D eigenvalue weighted by molar-refractivity contribution is 5.79. The van der Waals surface area contributed by atoms with E-state index in [1.54, 1.807) is 0 Å². The number of imidazole rings is 1. The fraction of sp³-hybridized carbons (Fsp3) is 0.750. The van der Waals surface area contributed by atoms with Gasteiger partial charge in [-0.15, -0.1) is 0 Å². The molecular formula is C16H25N3O. The van der Waals surface area contributed by atoms with Crippen LogP contribution in [0.1, 0.15) is 56.1 Å². The van der Waals surface area contributed by atoms with Gasteiger partial charge in [-0.1, -0.05) is 19.3 Å². The van der Waals surface area contributed by atoms with Crippen molar-refractivity contribution in [3.8, 4) is 0 Å². The monoisotopic (exact) mass is 275 g/mol. The van der Waals surface area contributed by atoms with E-state index in [-0.39, 0.29) is 0 Å². The van der Waals surface area contributed by atoms with Gasteiger partial charge in [0, 0.05) is 30.9 Å². The quantitative estimate of drug-likeness (QED) is 0.832. The summed E-state index contributed by atoms with van der Waals surface area (Å²) in [5.74, 6) is 1.77. The van der Waals surface area contributed by atoms with Crippen molar-refractivity contribution in [3.05, 3.63) is 17.7 Å². The molecule has 1 aromatic heterocycles. The minimum atomic E-state index is 0.299. The number of likely N-dealkylation sites (tertiary alicyclic amines) is 1. The highest BCUT2D eigenvalue weighted by atomic mass is 16.2. The molecule has 1 saturated heterocycles. The zero-order valence-corrected chi connectivity index (χ0v) is 12.6. The van der Waals surface area contributed by atoms with Crippen LogP contribution in [0.5, 0.6) is 0 Å². The summed E-state index contributed by atoms with van der Waals surface area (Å²) >= 11 is 0. The topological polar surface area (TPSA) is 38.1 Å². The molecule has 0 N–H and O–H groups in total. The van der Waals surface area contributed by atoms with E-state index in [1.165, 1.54) is 25.0 Å². The Morgan fingerprint density at radius 3 is 2.60 bits per heavy atom. The van der Waals surface area contributed by atoms with Crippen LogP contribution in [0.25, 0.3) is 0 Å². The molecule has 4 heteroatoms. The SMILES string of the molecule is Cc1cnc(C)n1C1CCN(C(=O)C2CCCCC2)C1. The van der Waals surface area contributed by atoms with Gasteiger partial charge in [0.1, 0.15) is 5.82 Å². The molecule has 2 heterocycles. The molecule has 1 amide bonds. The fourth-order valence-electron chi connectivity index (χ4n) is 3.88. The smallest absolute Gasteiger partial charge is 0.225 e. The van der Waals surface area contributed by atoms with Crippen LogP contribution in [0.15, 0.2) is 6.20 Å². The summed E-state index contributed by atoms with van der Waals surface area (Å²) in [7, 11) is 0. The number of carbonyl (C=O) groups excluding carboxylic acids is 1. The third-order valence-electron chi connectivity index (χ3n) is 4.96. The third kappa shape index (κ3) is 2.48. The number of aryl methyl sites for hydroxylation is 2. The van der Waals surface area contributed by atoms with Crippen molar-refractivity contribution in [2.75, 3.05) is 13.1 Å². The van der Waals surface area contributed by atoms with Gasteiger partial charge in [0.05, 0.1) is 6.04 Å². The zero-order valence-electron chi connectivity index (χ0n) is 12.6. The predicted octanol–water partition coefficient (Wildman–Crippen LogP) is 2.85. The van der Waals surface area contributed by atoms with Crippen LogP contribution in [-0.2, 0) is 4.79 Å². The van der Waals surface area contributed by atoms with E-state index in [0.29, 0.717) is 17.9 Å². The Hall–Kier alpha value is -1.32. The maximum absolute atomic E-state index is 12.6. The summed E-state index contributed by atoms with van der Waals surface area (Å²) in [6.45, 7) is 5.94. The molecule has 0 radical (unpaired) electrons. The Bertz CT molecular complexity index is 468. The van der Waals surface area contributed by atoms with Crippen LogP contribution >= 0.6 is 0 Å². The normalized spacial score (nSPS) is 24.3. The van der Waals surface area contributed by atoms with E-state index in [2.05, 4.69) is 28.3 Å². The van der Waals surface area contributed by atoms with Crippen molar-refractivity contribution in [3.63, 3.8) is 0 Å². The minimum absolute atomic E-state index is 0.299. The van der Waals surface area contributed by atoms with Gasteiger partial charge in [-0.05, 0) is 33.1 Å². The molecule has 1 saturated carbocycles. The minimum Gasteiger partial charge on any atom is -0.340 e. The van der Waals surface area contributed by atoms with Crippen LogP contribution in [0.3, 0.4) is 0 Å². The highest BCUT2D eigenvalue weighted by Crippen LogP contribution is 2.30. The predicted molar refractivity (Wildman–Crippen MR) is 78.5 cm³/mol. The van der Waals surface area contributed by atoms with Crippen molar-refractivity contribution < 1.29 is 4.79 Å². The maximum Gasteiger partial charge on any atom is 0.225 e. The molecule has 2 aliphatic rings. The molecular weight excluding hydrogens is 250 g/mol. The average molecular weight is 275 g/mol. The molecule has 0 spiro atoms. The molecule has 2 fully saturated rings. The second-order valence-electron chi connectivity index (χ2n) is 6.38. The summed E-state index contributed by atoms with van der Waals surface area (Å²) in [5, 5.41) is 0. The third-order valence-corrected chi connectivity index (χ3v) is 4.96. The van der Waals surface area contributed by atoms with E-state index < -0.39 is 0 Å². The summed E-state index contributed by atoms with van der Waals surface area (Å²) < 4.78 is 2.30. The Balaban J connectivity index is 1.66. The number of amides is 1. The lowest BCUT2D eigenvalue weighted by Gasteiger charge is -2.26. The van der Waals surface area contributed by atoms with Gasteiger partial charge in [0.25, 0.3) is 0 Å². The van der Waals surface area contributed by atoms with Crippen molar-refractivity contribution >= 4 is 5.91 Å².